The van der Waals surface area contributed by atoms with Crippen molar-refractivity contribution < 1.29 is 23.0 Å². The van der Waals surface area contributed by atoms with Crippen molar-refractivity contribution in [2.24, 2.45) is 0 Å². The van der Waals surface area contributed by atoms with Crippen molar-refractivity contribution in [3.05, 3.63) is 53.3 Å². The van der Waals surface area contributed by atoms with Crippen LogP contribution in [0.4, 0.5) is 8.78 Å². The number of rotatable bonds is 6. The van der Waals surface area contributed by atoms with Gasteiger partial charge in [0.1, 0.15) is 12.2 Å². The molecular weight excluding hydrogens is 380 g/mol. The summed E-state index contributed by atoms with van der Waals surface area (Å²) < 4.78 is 37.2. The first kappa shape index (κ1) is 19.2. The molecule has 1 aliphatic heterocycles. The highest BCUT2D eigenvalue weighted by atomic mass is 19.3. The van der Waals surface area contributed by atoms with Crippen molar-refractivity contribution in [3.8, 4) is 11.5 Å². The van der Waals surface area contributed by atoms with E-state index in [0.29, 0.717) is 22.3 Å². The molecule has 0 atom stereocenters. The molecule has 0 bridgehead atoms. The average molecular weight is 401 g/mol. The second-order valence-electron chi connectivity index (χ2n) is 7.54. The molecule has 8 heteroatoms. The van der Waals surface area contributed by atoms with E-state index in [1.807, 2.05) is 32.0 Å². The van der Waals surface area contributed by atoms with Crippen LogP contribution in [0.5, 0.6) is 11.5 Å². The third-order valence-electron chi connectivity index (χ3n) is 4.67. The van der Waals surface area contributed by atoms with Crippen molar-refractivity contribution in [3.63, 3.8) is 0 Å². The van der Waals surface area contributed by atoms with Crippen molar-refractivity contribution in [1.29, 1.82) is 0 Å². The maximum atomic E-state index is 12.7. The molecule has 29 heavy (non-hydrogen) atoms. The standard InChI is InChI=1S/C21H21F2N3O3/c1-21(2)11-13-4-3-5-16(17(13)29-21)28-9-8-24-20(27)12-6-7-14-15(10-12)26-19(25-14)18(22)23/h3-7,10,18H,8-9,11H2,1-2H3,(H,24,27)(H,25,26). The molecule has 4 rings (SSSR count). The number of alkyl halides is 2. The first-order valence-electron chi connectivity index (χ1n) is 9.32. The lowest BCUT2D eigenvalue weighted by Crippen LogP contribution is -2.28. The minimum Gasteiger partial charge on any atom is -0.488 e. The van der Waals surface area contributed by atoms with E-state index >= 15 is 0 Å². The van der Waals surface area contributed by atoms with E-state index < -0.39 is 12.2 Å². The Morgan fingerprint density at radius 1 is 1.34 bits per heavy atom. The lowest BCUT2D eigenvalue weighted by atomic mass is 10.0. The number of benzene rings is 2. The lowest BCUT2D eigenvalue weighted by Gasteiger charge is -2.18. The van der Waals surface area contributed by atoms with E-state index in [9.17, 15) is 13.6 Å². The second-order valence-corrected chi connectivity index (χ2v) is 7.54. The van der Waals surface area contributed by atoms with Gasteiger partial charge in [0, 0.05) is 17.5 Å². The first-order valence-corrected chi connectivity index (χ1v) is 9.32. The highest BCUT2D eigenvalue weighted by Gasteiger charge is 2.32. The number of hydrogen-bond acceptors (Lipinski definition) is 4. The Bertz CT molecular complexity index is 1060. The van der Waals surface area contributed by atoms with Gasteiger partial charge in [0.2, 0.25) is 0 Å². The Labute approximate surface area is 166 Å². The number of para-hydroxylation sites is 1. The minimum atomic E-state index is -2.69. The fourth-order valence-electron chi connectivity index (χ4n) is 3.40. The number of carbonyl (C=O) groups excluding carboxylic acids is 1. The normalized spacial score (nSPS) is 14.7. The summed E-state index contributed by atoms with van der Waals surface area (Å²) in [6, 6.07) is 10.4. The van der Waals surface area contributed by atoms with Gasteiger partial charge in [-0.25, -0.2) is 13.8 Å². The molecule has 6 nitrogen and oxygen atoms in total. The van der Waals surface area contributed by atoms with Gasteiger partial charge in [-0.3, -0.25) is 4.79 Å². The number of H-pyrrole nitrogens is 1. The lowest BCUT2D eigenvalue weighted by molar-refractivity contribution is 0.0946. The fraction of sp³-hybridized carbons (Fsp3) is 0.333. The Balaban J connectivity index is 1.34. The molecular formula is C21H21F2N3O3. The highest BCUT2D eigenvalue weighted by Crippen LogP contribution is 2.41. The number of amides is 1. The van der Waals surface area contributed by atoms with Gasteiger partial charge in [-0.1, -0.05) is 12.1 Å². The molecule has 1 aromatic heterocycles. The molecule has 2 heterocycles. The largest absolute Gasteiger partial charge is 0.488 e. The van der Waals surface area contributed by atoms with Crippen LogP contribution in [0.3, 0.4) is 0 Å². The number of carbonyl (C=O) groups is 1. The van der Waals surface area contributed by atoms with Crippen molar-refractivity contribution >= 4 is 16.9 Å². The number of imidazole rings is 1. The van der Waals surface area contributed by atoms with Crippen LogP contribution in [0.25, 0.3) is 11.0 Å². The summed E-state index contributed by atoms with van der Waals surface area (Å²) in [7, 11) is 0. The quantitative estimate of drug-likeness (QED) is 0.612. The van der Waals surface area contributed by atoms with Crippen LogP contribution in [-0.2, 0) is 6.42 Å². The van der Waals surface area contributed by atoms with Crippen molar-refractivity contribution in [2.75, 3.05) is 13.2 Å². The van der Waals surface area contributed by atoms with Crippen LogP contribution in [0.2, 0.25) is 0 Å². The Kier molecular flexibility index (Phi) is 4.86. The van der Waals surface area contributed by atoms with Gasteiger partial charge < -0.3 is 19.8 Å². The first-order chi connectivity index (χ1) is 13.8. The molecule has 1 amide bonds. The van der Waals surface area contributed by atoms with Crippen LogP contribution >= 0.6 is 0 Å². The fourth-order valence-corrected chi connectivity index (χ4v) is 3.40. The van der Waals surface area contributed by atoms with Gasteiger partial charge in [-0.15, -0.1) is 0 Å². The maximum Gasteiger partial charge on any atom is 0.295 e. The zero-order valence-electron chi connectivity index (χ0n) is 16.1. The smallest absolute Gasteiger partial charge is 0.295 e. The van der Waals surface area contributed by atoms with Gasteiger partial charge in [-0.05, 0) is 38.1 Å². The third-order valence-corrected chi connectivity index (χ3v) is 4.67. The number of ether oxygens (including phenoxy) is 2. The van der Waals surface area contributed by atoms with Crippen LogP contribution in [-0.4, -0.2) is 34.6 Å². The number of aromatic nitrogens is 2. The average Bonchev–Trinajstić information content (AvgIpc) is 3.24. The summed E-state index contributed by atoms with van der Waals surface area (Å²) >= 11 is 0. The molecule has 2 N–H and O–H groups in total. The third kappa shape index (κ3) is 4.01. The van der Waals surface area contributed by atoms with E-state index in [0.717, 1.165) is 17.7 Å². The summed E-state index contributed by atoms with van der Waals surface area (Å²) in [5, 5.41) is 2.76. The Morgan fingerprint density at radius 2 is 2.17 bits per heavy atom. The molecule has 3 aromatic rings. The van der Waals surface area contributed by atoms with Gasteiger partial charge in [0.25, 0.3) is 12.3 Å². The van der Waals surface area contributed by atoms with Gasteiger partial charge >= 0.3 is 0 Å². The van der Waals surface area contributed by atoms with E-state index in [4.69, 9.17) is 9.47 Å². The number of nitrogens with one attached hydrogen (secondary N) is 2. The molecule has 152 valence electrons. The van der Waals surface area contributed by atoms with Crippen molar-refractivity contribution in [2.45, 2.75) is 32.3 Å². The van der Waals surface area contributed by atoms with Gasteiger partial charge in [-0.2, -0.15) is 0 Å². The number of aromatic amines is 1. The monoisotopic (exact) mass is 401 g/mol. The SMILES string of the molecule is CC1(C)Cc2cccc(OCCNC(=O)c3ccc4nc(C(F)F)[nH]c4c3)c2O1. The molecule has 0 unspecified atom stereocenters. The van der Waals surface area contributed by atoms with Crippen LogP contribution in [0, 0.1) is 0 Å². The van der Waals surface area contributed by atoms with Crippen LogP contribution < -0.4 is 14.8 Å². The molecule has 0 saturated heterocycles. The van der Waals surface area contributed by atoms with E-state index in [-0.39, 0.29) is 24.7 Å². The molecule has 0 spiro atoms. The number of fused-ring (bicyclic) bond motifs is 2. The molecule has 0 saturated carbocycles. The summed E-state index contributed by atoms with van der Waals surface area (Å²) in [6.07, 6.45) is -1.87. The predicted octanol–water partition coefficient (Wildman–Crippen LogP) is 4.02. The molecule has 0 aliphatic carbocycles. The predicted molar refractivity (Wildman–Crippen MR) is 104 cm³/mol. The van der Waals surface area contributed by atoms with Crippen LogP contribution in [0.1, 0.15) is 42.0 Å². The number of hydrogen-bond donors (Lipinski definition) is 2. The Morgan fingerprint density at radius 3 is 2.97 bits per heavy atom. The van der Waals surface area contributed by atoms with Gasteiger partial charge in [0.15, 0.2) is 17.3 Å². The minimum absolute atomic E-state index is 0.258. The molecule has 0 radical (unpaired) electrons. The van der Waals surface area contributed by atoms with Crippen LogP contribution in [0.15, 0.2) is 36.4 Å². The molecule has 2 aromatic carbocycles. The van der Waals surface area contributed by atoms with Gasteiger partial charge in [0.05, 0.1) is 17.6 Å². The zero-order chi connectivity index (χ0) is 20.6. The summed E-state index contributed by atoms with van der Waals surface area (Å²) in [4.78, 5) is 18.7. The molecule has 0 fully saturated rings. The summed E-state index contributed by atoms with van der Waals surface area (Å²) in [6.45, 7) is 4.61. The zero-order valence-corrected chi connectivity index (χ0v) is 16.1. The van der Waals surface area contributed by atoms with E-state index in [2.05, 4.69) is 15.3 Å². The number of nitrogens with zero attached hydrogens (tertiary/aromatic N) is 1. The highest BCUT2D eigenvalue weighted by molar-refractivity contribution is 5.97. The maximum absolute atomic E-state index is 12.7. The van der Waals surface area contributed by atoms with E-state index in [1.165, 1.54) is 12.1 Å². The second kappa shape index (κ2) is 7.35. The topological polar surface area (TPSA) is 76.2 Å². The van der Waals surface area contributed by atoms with Crippen molar-refractivity contribution in [1.82, 2.24) is 15.3 Å². The Hall–Kier alpha value is -3.16. The molecule has 1 aliphatic rings. The number of halogens is 2. The van der Waals surface area contributed by atoms with E-state index in [1.54, 1.807) is 6.07 Å². The summed E-state index contributed by atoms with van der Waals surface area (Å²) in [5.41, 5.74) is 1.98. The summed E-state index contributed by atoms with van der Waals surface area (Å²) in [5.74, 6) is 0.676.